The van der Waals surface area contributed by atoms with Crippen LogP contribution in [0.15, 0.2) is 24.3 Å². The van der Waals surface area contributed by atoms with E-state index in [2.05, 4.69) is 16.6 Å². The van der Waals surface area contributed by atoms with E-state index in [9.17, 15) is 22.8 Å². The van der Waals surface area contributed by atoms with Crippen molar-refractivity contribution in [2.45, 2.75) is 25.6 Å². The van der Waals surface area contributed by atoms with Crippen molar-refractivity contribution in [3.63, 3.8) is 0 Å². The van der Waals surface area contributed by atoms with Crippen molar-refractivity contribution < 1.29 is 27.5 Å². The lowest BCUT2D eigenvalue weighted by molar-refractivity contribution is -0.140. The fourth-order valence-electron chi connectivity index (χ4n) is 1.73. The van der Waals surface area contributed by atoms with Gasteiger partial charge < -0.3 is 15.4 Å². The van der Waals surface area contributed by atoms with Crippen molar-refractivity contribution in [2.75, 3.05) is 13.1 Å². The Morgan fingerprint density at radius 1 is 1.29 bits per heavy atom. The molecule has 0 spiro atoms. The monoisotopic (exact) mass is 342 g/mol. The van der Waals surface area contributed by atoms with E-state index in [4.69, 9.17) is 11.2 Å². The molecule has 130 valence electrons. The summed E-state index contributed by atoms with van der Waals surface area (Å²) < 4.78 is 43.7. The Morgan fingerprint density at radius 3 is 2.58 bits per heavy atom. The molecule has 0 heterocycles. The number of carbonyl (C=O) groups excluding carboxylic acids is 2. The zero-order valence-corrected chi connectivity index (χ0v) is 12.9. The number of hydrogen-bond acceptors (Lipinski definition) is 3. The maximum absolute atomic E-state index is 12.9. The normalized spacial score (nSPS) is 12.0. The third kappa shape index (κ3) is 6.20. The SMILES string of the molecule is C#CCNC(=O)CCNC(=O)[C@@H](C)Oc1ccccc1C(F)(F)F. The van der Waals surface area contributed by atoms with Crippen molar-refractivity contribution in [2.24, 2.45) is 0 Å². The third-order valence-corrected chi connectivity index (χ3v) is 2.90. The van der Waals surface area contributed by atoms with Gasteiger partial charge in [-0.3, -0.25) is 9.59 Å². The molecule has 24 heavy (non-hydrogen) atoms. The highest BCUT2D eigenvalue weighted by Crippen LogP contribution is 2.36. The first-order chi connectivity index (χ1) is 11.3. The van der Waals surface area contributed by atoms with Crippen LogP contribution in [0.5, 0.6) is 5.75 Å². The largest absolute Gasteiger partial charge is 0.480 e. The maximum atomic E-state index is 12.9. The van der Waals surface area contributed by atoms with Gasteiger partial charge in [-0.25, -0.2) is 0 Å². The first kappa shape index (κ1) is 19.4. The number of nitrogens with one attached hydrogen (secondary N) is 2. The molecular formula is C16H17F3N2O3. The first-order valence-electron chi connectivity index (χ1n) is 7.06. The smallest absolute Gasteiger partial charge is 0.419 e. The van der Waals surface area contributed by atoms with Gasteiger partial charge in [0.1, 0.15) is 5.75 Å². The van der Waals surface area contributed by atoms with Gasteiger partial charge in [0, 0.05) is 13.0 Å². The molecule has 8 heteroatoms. The Labute approximate surface area is 137 Å². The molecule has 0 aliphatic heterocycles. The molecule has 5 nitrogen and oxygen atoms in total. The Bertz CT molecular complexity index is 624. The van der Waals surface area contributed by atoms with Crippen molar-refractivity contribution in [1.29, 1.82) is 0 Å². The third-order valence-electron chi connectivity index (χ3n) is 2.90. The van der Waals surface area contributed by atoms with Crippen molar-refractivity contribution >= 4 is 11.8 Å². The Balaban J connectivity index is 2.54. The lowest BCUT2D eigenvalue weighted by Gasteiger charge is -2.18. The second kappa shape index (κ2) is 8.82. The standard InChI is InChI=1S/C16H17F3N2O3/c1-3-9-20-14(22)8-10-21-15(23)11(2)24-13-7-5-4-6-12(13)16(17,18)19/h1,4-7,11H,8-10H2,2H3,(H,20,22)(H,21,23)/t11-/m1/s1. The van der Waals surface area contributed by atoms with E-state index in [-0.39, 0.29) is 25.4 Å². The number of rotatable bonds is 7. The maximum Gasteiger partial charge on any atom is 0.419 e. The average molecular weight is 342 g/mol. The van der Waals surface area contributed by atoms with Gasteiger partial charge >= 0.3 is 6.18 Å². The number of para-hydroxylation sites is 1. The van der Waals surface area contributed by atoms with E-state index in [1.165, 1.54) is 19.1 Å². The van der Waals surface area contributed by atoms with Crippen molar-refractivity contribution in [3.8, 4) is 18.1 Å². The number of ether oxygens (including phenoxy) is 1. The summed E-state index contributed by atoms with van der Waals surface area (Å²) in [5.74, 6) is 0.827. The quantitative estimate of drug-likeness (QED) is 0.742. The van der Waals surface area contributed by atoms with Crippen molar-refractivity contribution in [3.05, 3.63) is 29.8 Å². The Hall–Kier alpha value is -2.69. The summed E-state index contributed by atoms with van der Waals surface area (Å²) in [6.07, 6.45) is -0.754. The van der Waals surface area contributed by atoms with E-state index >= 15 is 0 Å². The Kier molecular flexibility index (Phi) is 7.11. The molecule has 0 aliphatic rings. The first-order valence-corrected chi connectivity index (χ1v) is 7.06. The highest BCUT2D eigenvalue weighted by Gasteiger charge is 2.34. The summed E-state index contributed by atoms with van der Waals surface area (Å²) in [4.78, 5) is 23.1. The summed E-state index contributed by atoms with van der Waals surface area (Å²) in [5, 5.41) is 4.83. The number of halogens is 3. The molecule has 0 aromatic heterocycles. The number of amides is 2. The zero-order chi connectivity index (χ0) is 18.2. The minimum Gasteiger partial charge on any atom is -0.480 e. The molecule has 0 aliphatic carbocycles. The van der Waals surface area contributed by atoms with Gasteiger partial charge in [-0.15, -0.1) is 6.42 Å². The van der Waals surface area contributed by atoms with Crippen LogP contribution in [0.1, 0.15) is 18.9 Å². The molecule has 0 radical (unpaired) electrons. The van der Waals surface area contributed by atoms with Crippen LogP contribution in [-0.2, 0) is 15.8 Å². The van der Waals surface area contributed by atoms with Gasteiger partial charge in [-0.05, 0) is 19.1 Å². The summed E-state index contributed by atoms with van der Waals surface area (Å²) in [6.45, 7) is 1.42. The minimum atomic E-state index is -4.58. The average Bonchev–Trinajstić information content (AvgIpc) is 2.52. The van der Waals surface area contributed by atoms with Gasteiger partial charge in [0.25, 0.3) is 5.91 Å². The van der Waals surface area contributed by atoms with Crippen LogP contribution in [0.25, 0.3) is 0 Å². The van der Waals surface area contributed by atoms with Crippen LogP contribution >= 0.6 is 0 Å². The lowest BCUT2D eigenvalue weighted by Crippen LogP contribution is -2.38. The molecule has 0 saturated carbocycles. The molecule has 1 atom stereocenters. The number of benzene rings is 1. The van der Waals surface area contributed by atoms with E-state index in [1.54, 1.807) is 0 Å². The summed E-state index contributed by atoms with van der Waals surface area (Å²) in [7, 11) is 0. The number of carbonyl (C=O) groups is 2. The molecule has 2 N–H and O–H groups in total. The van der Waals surface area contributed by atoms with Gasteiger partial charge in [-0.1, -0.05) is 18.1 Å². The summed E-state index contributed by atoms with van der Waals surface area (Å²) >= 11 is 0. The molecule has 0 saturated heterocycles. The predicted octanol–water partition coefficient (Wildman–Crippen LogP) is 1.73. The lowest BCUT2D eigenvalue weighted by atomic mass is 10.2. The fraction of sp³-hybridized carbons (Fsp3) is 0.375. The van der Waals surface area contributed by atoms with Gasteiger partial charge in [-0.2, -0.15) is 13.2 Å². The second-order valence-corrected chi connectivity index (χ2v) is 4.78. The molecule has 0 fully saturated rings. The van der Waals surface area contributed by atoms with Crippen LogP contribution in [0.3, 0.4) is 0 Å². The van der Waals surface area contributed by atoms with Gasteiger partial charge in [0.05, 0.1) is 12.1 Å². The fourth-order valence-corrected chi connectivity index (χ4v) is 1.73. The van der Waals surface area contributed by atoms with Crippen LogP contribution in [0, 0.1) is 12.3 Å². The molecule has 0 bridgehead atoms. The molecule has 1 aromatic rings. The molecule has 0 unspecified atom stereocenters. The zero-order valence-electron chi connectivity index (χ0n) is 12.9. The van der Waals surface area contributed by atoms with Gasteiger partial charge in [0.15, 0.2) is 6.10 Å². The molecular weight excluding hydrogens is 325 g/mol. The topological polar surface area (TPSA) is 67.4 Å². The van der Waals surface area contributed by atoms with Gasteiger partial charge in [0.2, 0.25) is 5.91 Å². The van der Waals surface area contributed by atoms with Crippen LogP contribution in [0.4, 0.5) is 13.2 Å². The molecule has 1 rings (SSSR count). The minimum absolute atomic E-state index is 0.000716. The number of hydrogen-bond donors (Lipinski definition) is 2. The van der Waals surface area contributed by atoms with Crippen LogP contribution in [0.2, 0.25) is 0 Å². The highest BCUT2D eigenvalue weighted by atomic mass is 19.4. The Morgan fingerprint density at radius 2 is 1.96 bits per heavy atom. The predicted molar refractivity (Wildman–Crippen MR) is 81.0 cm³/mol. The summed E-state index contributed by atoms with van der Waals surface area (Å²) in [6, 6.07) is 4.62. The second-order valence-electron chi connectivity index (χ2n) is 4.78. The van der Waals surface area contributed by atoms with Crippen molar-refractivity contribution in [1.82, 2.24) is 10.6 Å². The highest BCUT2D eigenvalue weighted by molar-refractivity contribution is 5.82. The number of alkyl halides is 3. The summed E-state index contributed by atoms with van der Waals surface area (Å²) in [5.41, 5.74) is -0.960. The molecule has 1 aromatic carbocycles. The van der Waals surface area contributed by atoms with Crippen LogP contribution < -0.4 is 15.4 Å². The van der Waals surface area contributed by atoms with E-state index < -0.39 is 29.5 Å². The molecule has 2 amide bonds. The number of terminal acetylenes is 1. The van der Waals surface area contributed by atoms with E-state index in [0.717, 1.165) is 12.1 Å². The van der Waals surface area contributed by atoms with E-state index in [1.807, 2.05) is 0 Å². The van der Waals surface area contributed by atoms with E-state index in [0.29, 0.717) is 0 Å². The van der Waals surface area contributed by atoms with Crippen LogP contribution in [-0.4, -0.2) is 31.0 Å².